The molecule has 1 aliphatic heterocycles. The van der Waals surface area contributed by atoms with Gasteiger partial charge in [0.05, 0.1) is 6.10 Å². The highest BCUT2D eigenvalue weighted by Crippen LogP contribution is 2.18. The van der Waals surface area contributed by atoms with Crippen molar-refractivity contribution in [2.24, 2.45) is 0 Å². The molecule has 0 saturated carbocycles. The number of amides is 1. The van der Waals surface area contributed by atoms with Crippen molar-refractivity contribution in [3.8, 4) is 5.75 Å². The molecule has 0 unspecified atom stereocenters. The van der Waals surface area contributed by atoms with Gasteiger partial charge in [-0.15, -0.1) is 0 Å². The van der Waals surface area contributed by atoms with Gasteiger partial charge in [-0.3, -0.25) is 4.79 Å². The van der Waals surface area contributed by atoms with Crippen LogP contribution in [-0.2, 0) is 4.74 Å². The zero-order chi connectivity index (χ0) is 16.9. The van der Waals surface area contributed by atoms with E-state index in [1.807, 2.05) is 37.3 Å². The zero-order valence-corrected chi connectivity index (χ0v) is 14.2. The van der Waals surface area contributed by atoms with E-state index in [4.69, 9.17) is 9.47 Å². The number of anilines is 1. The van der Waals surface area contributed by atoms with Crippen LogP contribution in [0.25, 0.3) is 0 Å². The summed E-state index contributed by atoms with van der Waals surface area (Å²) in [5.41, 5.74) is 3.78. The average molecular weight is 325 g/mol. The fourth-order valence-electron chi connectivity index (χ4n) is 2.69. The number of carbonyl (C=O) groups excluding carboxylic acids is 1. The quantitative estimate of drug-likeness (QED) is 0.900. The summed E-state index contributed by atoms with van der Waals surface area (Å²) in [5, 5.41) is 2.92. The third-order valence-electron chi connectivity index (χ3n) is 4.34. The van der Waals surface area contributed by atoms with Crippen molar-refractivity contribution in [3.05, 3.63) is 59.2 Å². The Morgan fingerprint density at radius 2 is 1.96 bits per heavy atom. The van der Waals surface area contributed by atoms with E-state index in [0.29, 0.717) is 12.2 Å². The topological polar surface area (TPSA) is 47.6 Å². The van der Waals surface area contributed by atoms with Crippen molar-refractivity contribution in [2.75, 3.05) is 18.5 Å². The molecule has 2 aromatic rings. The molecule has 1 atom stereocenters. The molecular formula is C20H23NO3. The molecular weight excluding hydrogens is 302 g/mol. The van der Waals surface area contributed by atoms with Crippen molar-refractivity contribution in [1.82, 2.24) is 0 Å². The van der Waals surface area contributed by atoms with Crippen LogP contribution < -0.4 is 10.1 Å². The van der Waals surface area contributed by atoms with Gasteiger partial charge in [0.2, 0.25) is 0 Å². The molecule has 1 heterocycles. The summed E-state index contributed by atoms with van der Waals surface area (Å²) < 4.78 is 11.2. The molecule has 1 amide bonds. The fourth-order valence-corrected chi connectivity index (χ4v) is 2.69. The lowest BCUT2D eigenvalue weighted by Crippen LogP contribution is -2.16. The van der Waals surface area contributed by atoms with Gasteiger partial charge in [-0.05, 0) is 74.2 Å². The van der Waals surface area contributed by atoms with Crippen LogP contribution in [0.1, 0.15) is 34.3 Å². The van der Waals surface area contributed by atoms with Gasteiger partial charge < -0.3 is 14.8 Å². The first-order valence-corrected chi connectivity index (χ1v) is 8.35. The normalized spacial score (nSPS) is 16.8. The van der Waals surface area contributed by atoms with Gasteiger partial charge in [-0.25, -0.2) is 0 Å². The molecule has 1 N–H and O–H groups in total. The molecule has 0 aliphatic carbocycles. The van der Waals surface area contributed by atoms with Crippen molar-refractivity contribution < 1.29 is 14.3 Å². The van der Waals surface area contributed by atoms with E-state index in [0.717, 1.165) is 36.4 Å². The number of aryl methyl sites for hydroxylation is 2. The summed E-state index contributed by atoms with van der Waals surface area (Å²) in [6, 6.07) is 13.1. The molecule has 0 spiro atoms. The number of hydrogen-bond donors (Lipinski definition) is 1. The maximum Gasteiger partial charge on any atom is 0.255 e. The molecule has 4 heteroatoms. The molecule has 2 aromatic carbocycles. The number of nitrogens with one attached hydrogen (secondary N) is 1. The first-order valence-electron chi connectivity index (χ1n) is 8.35. The summed E-state index contributed by atoms with van der Waals surface area (Å²) in [7, 11) is 0. The number of benzene rings is 2. The minimum Gasteiger partial charge on any atom is -0.491 e. The highest BCUT2D eigenvalue weighted by atomic mass is 16.5. The van der Waals surface area contributed by atoms with Crippen LogP contribution >= 0.6 is 0 Å². The second-order valence-electron chi connectivity index (χ2n) is 6.22. The molecule has 0 radical (unpaired) electrons. The Morgan fingerprint density at radius 1 is 1.17 bits per heavy atom. The molecule has 0 aromatic heterocycles. The lowest BCUT2D eigenvalue weighted by Gasteiger charge is -2.12. The van der Waals surface area contributed by atoms with E-state index in [1.165, 1.54) is 5.56 Å². The third-order valence-corrected chi connectivity index (χ3v) is 4.34. The molecule has 3 rings (SSSR count). The molecule has 0 bridgehead atoms. The van der Waals surface area contributed by atoms with Gasteiger partial charge in [-0.1, -0.05) is 6.07 Å². The number of ether oxygens (including phenoxy) is 2. The van der Waals surface area contributed by atoms with E-state index in [9.17, 15) is 4.79 Å². The van der Waals surface area contributed by atoms with Gasteiger partial charge in [0, 0.05) is 17.9 Å². The van der Waals surface area contributed by atoms with Crippen LogP contribution in [0.4, 0.5) is 5.69 Å². The van der Waals surface area contributed by atoms with E-state index >= 15 is 0 Å². The molecule has 1 fully saturated rings. The SMILES string of the molecule is Cc1ccc(NC(=O)c2ccc(OC[C@H]3CCCO3)cc2)cc1C. The maximum atomic E-state index is 12.3. The lowest BCUT2D eigenvalue weighted by molar-refractivity contribution is 0.0679. The number of carbonyl (C=O) groups is 1. The van der Waals surface area contributed by atoms with Gasteiger partial charge >= 0.3 is 0 Å². The molecule has 1 saturated heterocycles. The van der Waals surface area contributed by atoms with E-state index in [2.05, 4.69) is 12.2 Å². The summed E-state index contributed by atoms with van der Waals surface area (Å²) in [4.78, 5) is 12.3. The molecule has 24 heavy (non-hydrogen) atoms. The van der Waals surface area contributed by atoms with E-state index < -0.39 is 0 Å². The van der Waals surface area contributed by atoms with Crippen molar-refractivity contribution >= 4 is 11.6 Å². The maximum absolute atomic E-state index is 12.3. The first-order chi connectivity index (χ1) is 11.6. The Bertz CT molecular complexity index is 703. The van der Waals surface area contributed by atoms with Crippen molar-refractivity contribution in [2.45, 2.75) is 32.8 Å². The Morgan fingerprint density at radius 3 is 2.62 bits per heavy atom. The Balaban J connectivity index is 1.57. The van der Waals surface area contributed by atoms with E-state index in [1.54, 1.807) is 12.1 Å². The Hall–Kier alpha value is -2.33. The average Bonchev–Trinajstić information content (AvgIpc) is 3.10. The highest BCUT2D eigenvalue weighted by Gasteiger charge is 2.16. The van der Waals surface area contributed by atoms with Crippen LogP contribution in [0.5, 0.6) is 5.75 Å². The van der Waals surface area contributed by atoms with Gasteiger partial charge in [0.25, 0.3) is 5.91 Å². The van der Waals surface area contributed by atoms with Crippen LogP contribution in [0.2, 0.25) is 0 Å². The summed E-state index contributed by atoms with van der Waals surface area (Å²) in [6.07, 6.45) is 2.35. The fraction of sp³-hybridized carbons (Fsp3) is 0.350. The van der Waals surface area contributed by atoms with Crippen LogP contribution in [0.15, 0.2) is 42.5 Å². The number of hydrogen-bond acceptors (Lipinski definition) is 3. The van der Waals surface area contributed by atoms with E-state index in [-0.39, 0.29) is 12.0 Å². The highest BCUT2D eigenvalue weighted by molar-refractivity contribution is 6.04. The minimum atomic E-state index is -0.121. The summed E-state index contributed by atoms with van der Waals surface area (Å²) >= 11 is 0. The standard InChI is InChI=1S/C20H23NO3/c1-14-5-8-17(12-15(14)2)21-20(22)16-6-9-18(10-7-16)24-13-19-4-3-11-23-19/h5-10,12,19H,3-4,11,13H2,1-2H3,(H,21,22)/t19-/m1/s1. The van der Waals surface area contributed by atoms with Gasteiger partial charge in [0.1, 0.15) is 12.4 Å². The molecule has 1 aliphatic rings. The third kappa shape index (κ3) is 4.15. The summed E-state index contributed by atoms with van der Waals surface area (Å²) in [5.74, 6) is 0.636. The largest absolute Gasteiger partial charge is 0.491 e. The zero-order valence-electron chi connectivity index (χ0n) is 14.2. The first kappa shape index (κ1) is 16.5. The second-order valence-corrected chi connectivity index (χ2v) is 6.22. The van der Waals surface area contributed by atoms with Crippen LogP contribution in [0.3, 0.4) is 0 Å². The minimum absolute atomic E-state index is 0.121. The lowest BCUT2D eigenvalue weighted by atomic mass is 10.1. The van der Waals surface area contributed by atoms with Gasteiger partial charge in [0.15, 0.2) is 0 Å². The predicted octanol–water partition coefficient (Wildman–Crippen LogP) is 4.11. The number of rotatable bonds is 5. The predicted molar refractivity (Wildman–Crippen MR) is 94.8 cm³/mol. The van der Waals surface area contributed by atoms with Crippen LogP contribution in [-0.4, -0.2) is 25.2 Å². The van der Waals surface area contributed by atoms with Crippen molar-refractivity contribution in [3.63, 3.8) is 0 Å². The smallest absolute Gasteiger partial charge is 0.255 e. The Kier molecular flexibility index (Phi) is 5.16. The monoisotopic (exact) mass is 325 g/mol. The van der Waals surface area contributed by atoms with Crippen molar-refractivity contribution in [1.29, 1.82) is 0 Å². The summed E-state index contributed by atoms with van der Waals surface area (Å²) in [6.45, 7) is 5.47. The van der Waals surface area contributed by atoms with Crippen LogP contribution in [0, 0.1) is 13.8 Å². The van der Waals surface area contributed by atoms with Gasteiger partial charge in [-0.2, -0.15) is 0 Å². The molecule has 126 valence electrons. The Labute approximate surface area is 142 Å². The second kappa shape index (κ2) is 7.49. The molecule has 4 nitrogen and oxygen atoms in total.